The summed E-state index contributed by atoms with van der Waals surface area (Å²) in [5.74, 6) is 1.28. The average molecular weight is 199 g/mol. The van der Waals surface area contributed by atoms with E-state index in [9.17, 15) is 0 Å². The molecule has 0 radical (unpaired) electrons. The van der Waals surface area contributed by atoms with Gasteiger partial charge in [0.05, 0.1) is 0 Å². The van der Waals surface area contributed by atoms with Crippen LogP contribution in [-0.2, 0) is 11.2 Å². The second kappa shape index (κ2) is 5.72. The van der Waals surface area contributed by atoms with Crippen LogP contribution in [0.4, 0.5) is 0 Å². The fraction of sp³-hybridized carbons (Fsp3) is 0.778. The molecule has 0 aromatic carbocycles. The maximum absolute atomic E-state index is 5.35. The largest absolute Gasteiger partial charge is 0.371 e. The molecule has 0 spiro atoms. The van der Waals surface area contributed by atoms with E-state index in [1.807, 2.05) is 20.9 Å². The number of ether oxygens (including phenoxy) is 1. The second-order valence-corrected chi connectivity index (χ2v) is 3.00. The molecule has 1 aromatic heterocycles. The number of nitrogens with one attached hydrogen (secondary N) is 1. The summed E-state index contributed by atoms with van der Waals surface area (Å²) in [5, 5.41) is 6.87. The van der Waals surface area contributed by atoms with E-state index < -0.39 is 0 Å². The summed E-state index contributed by atoms with van der Waals surface area (Å²) in [5.41, 5.74) is 0. The van der Waals surface area contributed by atoms with Crippen LogP contribution in [0.5, 0.6) is 0 Å². The van der Waals surface area contributed by atoms with Gasteiger partial charge in [0, 0.05) is 19.6 Å². The Kier molecular flexibility index (Phi) is 4.55. The minimum absolute atomic E-state index is 0.0907. The molecule has 0 aliphatic heterocycles. The van der Waals surface area contributed by atoms with Gasteiger partial charge in [-0.2, -0.15) is 4.98 Å². The van der Waals surface area contributed by atoms with Crippen molar-refractivity contribution in [1.82, 2.24) is 15.5 Å². The third-order valence-corrected chi connectivity index (χ3v) is 1.85. The van der Waals surface area contributed by atoms with Gasteiger partial charge in [-0.3, -0.25) is 0 Å². The van der Waals surface area contributed by atoms with Crippen molar-refractivity contribution in [1.29, 1.82) is 0 Å². The van der Waals surface area contributed by atoms with Crippen molar-refractivity contribution >= 4 is 0 Å². The Labute approximate surface area is 83.8 Å². The molecule has 0 bridgehead atoms. The topological polar surface area (TPSA) is 60.2 Å². The molecule has 1 unspecified atom stereocenters. The van der Waals surface area contributed by atoms with E-state index >= 15 is 0 Å². The number of likely N-dealkylation sites (N-methyl/N-ethyl adjacent to an activating group) is 1. The molecule has 80 valence electrons. The summed E-state index contributed by atoms with van der Waals surface area (Å²) < 4.78 is 10.4. The number of aromatic nitrogens is 2. The van der Waals surface area contributed by atoms with Crippen LogP contribution in [0.25, 0.3) is 0 Å². The molecule has 14 heavy (non-hydrogen) atoms. The van der Waals surface area contributed by atoms with Gasteiger partial charge in [-0.15, -0.1) is 0 Å². The van der Waals surface area contributed by atoms with Gasteiger partial charge < -0.3 is 14.6 Å². The van der Waals surface area contributed by atoms with Crippen molar-refractivity contribution in [3.63, 3.8) is 0 Å². The van der Waals surface area contributed by atoms with E-state index in [0.717, 1.165) is 13.0 Å². The molecule has 1 aromatic rings. The van der Waals surface area contributed by atoms with Gasteiger partial charge in [0.25, 0.3) is 0 Å². The lowest BCUT2D eigenvalue weighted by atomic mass is 10.4. The van der Waals surface area contributed by atoms with E-state index in [-0.39, 0.29) is 6.10 Å². The third-order valence-electron chi connectivity index (χ3n) is 1.85. The molecular formula is C9H17N3O2. The predicted molar refractivity (Wildman–Crippen MR) is 52.0 cm³/mol. The SMILES string of the molecule is CCOC(C)c1noc(CCNC)n1. The maximum Gasteiger partial charge on any atom is 0.228 e. The first-order chi connectivity index (χ1) is 6.77. The van der Waals surface area contributed by atoms with Crippen LogP contribution < -0.4 is 5.32 Å². The van der Waals surface area contributed by atoms with Crippen molar-refractivity contribution in [2.75, 3.05) is 20.2 Å². The Morgan fingerprint density at radius 1 is 1.57 bits per heavy atom. The summed E-state index contributed by atoms with van der Waals surface area (Å²) >= 11 is 0. The molecule has 0 fully saturated rings. The van der Waals surface area contributed by atoms with Gasteiger partial charge in [-0.05, 0) is 20.9 Å². The Hall–Kier alpha value is -0.940. The van der Waals surface area contributed by atoms with Crippen molar-refractivity contribution in [2.45, 2.75) is 26.4 Å². The minimum Gasteiger partial charge on any atom is -0.371 e. The van der Waals surface area contributed by atoms with Gasteiger partial charge in [0.1, 0.15) is 6.10 Å². The molecule has 1 N–H and O–H groups in total. The maximum atomic E-state index is 5.35. The zero-order chi connectivity index (χ0) is 10.4. The average Bonchev–Trinajstić information content (AvgIpc) is 2.63. The van der Waals surface area contributed by atoms with E-state index in [4.69, 9.17) is 9.26 Å². The molecule has 5 heteroatoms. The molecule has 0 aliphatic carbocycles. The lowest BCUT2D eigenvalue weighted by Gasteiger charge is -2.04. The highest BCUT2D eigenvalue weighted by molar-refractivity contribution is 4.90. The highest BCUT2D eigenvalue weighted by Gasteiger charge is 2.12. The molecule has 0 aliphatic rings. The number of hydrogen-bond donors (Lipinski definition) is 1. The monoisotopic (exact) mass is 199 g/mol. The lowest BCUT2D eigenvalue weighted by molar-refractivity contribution is 0.0683. The summed E-state index contributed by atoms with van der Waals surface area (Å²) in [6, 6.07) is 0. The Morgan fingerprint density at radius 2 is 2.36 bits per heavy atom. The van der Waals surface area contributed by atoms with E-state index in [0.29, 0.717) is 18.3 Å². The van der Waals surface area contributed by atoms with Crippen molar-refractivity contribution in [3.8, 4) is 0 Å². The van der Waals surface area contributed by atoms with Gasteiger partial charge in [-0.1, -0.05) is 5.16 Å². The quantitative estimate of drug-likeness (QED) is 0.738. The lowest BCUT2D eigenvalue weighted by Crippen LogP contribution is -2.10. The highest BCUT2D eigenvalue weighted by Crippen LogP contribution is 2.12. The Morgan fingerprint density at radius 3 is 3.00 bits per heavy atom. The van der Waals surface area contributed by atoms with Crippen molar-refractivity contribution in [2.24, 2.45) is 0 Å². The first-order valence-electron chi connectivity index (χ1n) is 4.86. The molecule has 0 saturated carbocycles. The van der Waals surface area contributed by atoms with Gasteiger partial charge in [-0.25, -0.2) is 0 Å². The van der Waals surface area contributed by atoms with Crippen LogP contribution in [0.15, 0.2) is 4.52 Å². The highest BCUT2D eigenvalue weighted by atomic mass is 16.5. The van der Waals surface area contributed by atoms with Crippen LogP contribution in [0.1, 0.15) is 31.7 Å². The smallest absolute Gasteiger partial charge is 0.228 e. The molecule has 1 atom stereocenters. The van der Waals surface area contributed by atoms with Crippen molar-refractivity contribution in [3.05, 3.63) is 11.7 Å². The normalized spacial score (nSPS) is 13.1. The van der Waals surface area contributed by atoms with Gasteiger partial charge >= 0.3 is 0 Å². The molecule has 5 nitrogen and oxygen atoms in total. The van der Waals surface area contributed by atoms with Crippen LogP contribution in [0.3, 0.4) is 0 Å². The fourth-order valence-electron chi connectivity index (χ4n) is 1.09. The second-order valence-electron chi connectivity index (χ2n) is 3.00. The van der Waals surface area contributed by atoms with Gasteiger partial charge in [0.15, 0.2) is 5.82 Å². The first-order valence-corrected chi connectivity index (χ1v) is 4.86. The third kappa shape index (κ3) is 3.08. The fourth-order valence-corrected chi connectivity index (χ4v) is 1.09. The molecule has 1 rings (SSSR count). The number of rotatable bonds is 6. The first kappa shape index (κ1) is 11.1. The zero-order valence-electron chi connectivity index (χ0n) is 8.91. The molecular weight excluding hydrogens is 182 g/mol. The molecule has 0 amide bonds. The Balaban J connectivity index is 2.49. The summed E-state index contributed by atoms with van der Waals surface area (Å²) in [6.45, 7) is 5.35. The standard InChI is InChI=1S/C9H17N3O2/c1-4-13-7(2)9-11-8(14-12-9)5-6-10-3/h7,10H,4-6H2,1-3H3. The predicted octanol–water partition coefficient (Wildman–Crippen LogP) is 0.929. The summed E-state index contributed by atoms with van der Waals surface area (Å²) in [7, 11) is 1.89. The van der Waals surface area contributed by atoms with Crippen LogP contribution in [0, 0.1) is 0 Å². The zero-order valence-corrected chi connectivity index (χ0v) is 8.91. The van der Waals surface area contributed by atoms with Gasteiger partial charge in [0.2, 0.25) is 5.89 Å². The minimum atomic E-state index is -0.0907. The van der Waals surface area contributed by atoms with Crippen LogP contribution in [0.2, 0.25) is 0 Å². The van der Waals surface area contributed by atoms with E-state index in [1.165, 1.54) is 0 Å². The van der Waals surface area contributed by atoms with Crippen LogP contribution >= 0.6 is 0 Å². The van der Waals surface area contributed by atoms with E-state index in [2.05, 4.69) is 15.5 Å². The van der Waals surface area contributed by atoms with Crippen molar-refractivity contribution < 1.29 is 9.26 Å². The van der Waals surface area contributed by atoms with Crippen LogP contribution in [-0.4, -0.2) is 30.3 Å². The molecule has 0 saturated heterocycles. The number of hydrogen-bond acceptors (Lipinski definition) is 5. The summed E-state index contributed by atoms with van der Waals surface area (Å²) in [6.07, 6.45) is 0.662. The molecule has 1 heterocycles. The summed E-state index contributed by atoms with van der Waals surface area (Å²) in [4.78, 5) is 4.22. The Bertz CT molecular complexity index is 262. The van der Waals surface area contributed by atoms with E-state index in [1.54, 1.807) is 0 Å². The number of nitrogens with zero attached hydrogens (tertiary/aromatic N) is 2.